The molecular weight excluding hydrogens is 246 g/mol. The number of hydrogen-bond donors (Lipinski definition) is 2. The molecule has 0 radical (unpaired) electrons. The molecule has 0 spiro atoms. The summed E-state index contributed by atoms with van der Waals surface area (Å²) < 4.78 is 4.97. The molecule has 1 amide bonds. The highest BCUT2D eigenvalue weighted by molar-refractivity contribution is 5.95. The van der Waals surface area contributed by atoms with E-state index in [4.69, 9.17) is 4.74 Å². The zero-order valence-electron chi connectivity index (χ0n) is 10.8. The van der Waals surface area contributed by atoms with Crippen molar-refractivity contribution in [2.24, 2.45) is 0 Å². The number of nitrogens with one attached hydrogen (secondary N) is 2. The van der Waals surface area contributed by atoms with Crippen LogP contribution in [-0.4, -0.2) is 36.1 Å². The number of anilines is 1. The largest absolute Gasteiger partial charge is 0.462 e. The van der Waals surface area contributed by atoms with E-state index in [1.54, 1.807) is 25.3 Å². The van der Waals surface area contributed by atoms with Gasteiger partial charge in [0.1, 0.15) is 17.4 Å². The minimum atomic E-state index is -0.436. The van der Waals surface area contributed by atoms with Gasteiger partial charge in [-0.15, -0.1) is 0 Å². The Bertz CT molecular complexity index is 476. The van der Waals surface area contributed by atoms with Crippen molar-refractivity contribution in [3.8, 4) is 0 Å². The van der Waals surface area contributed by atoms with Crippen molar-refractivity contribution in [1.82, 2.24) is 10.3 Å². The highest BCUT2D eigenvalue weighted by atomic mass is 16.5. The lowest BCUT2D eigenvalue weighted by Crippen LogP contribution is -2.44. The van der Waals surface area contributed by atoms with Crippen LogP contribution >= 0.6 is 0 Å². The molecule has 0 aliphatic carbocycles. The molecule has 1 aliphatic rings. The second kappa shape index (κ2) is 6.17. The third-order valence-corrected chi connectivity index (χ3v) is 2.90. The molecule has 19 heavy (non-hydrogen) atoms. The van der Waals surface area contributed by atoms with Gasteiger partial charge in [-0.05, 0) is 31.9 Å². The van der Waals surface area contributed by atoms with Crippen molar-refractivity contribution < 1.29 is 14.3 Å². The normalized spacial score (nSPS) is 18.6. The number of carbonyl (C=O) groups excluding carboxylic acids is 2. The number of esters is 1. The topological polar surface area (TPSA) is 80.3 Å². The quantitative estimate of drug-likeness (QED) is 0.790. The highest BCUT2D eigenvalue weighted by Gasteiger charge is 2.24. The van der Waals surface area contributed by atoms with Crippen molar-refractivity contribution in [3.05, 3.63) is 23.9 Å². The number of carbonyl (C=O) groups is 2. The zero-order chi connectivity index (χ0) is 13.7. The van der Waals surface area contributed by atoms with E-state index in [0.717, 1.165) is 12.8 Å². The molecular formula is C13H17N3O3. The molecule has 6 nitrogen and oxygen atoms in total. The van der Waals surface area contributed by atoms with Gasteiger partial charge in [0.15, 0.2) is 0 Å². The van der Waals surface area contributed by atoms with Gasteiger partial charge < -0.3 is 15.4 Å². The summed E-state index contributed by atoms with van der Waals surface area (Å²) in [4.78, 5) is 27.6. The van der Waals surface area contributed by atoms with E-state index in [9.17, 15) is 9.59 Å². The van der Waals surface area contributed by atoms with Crippen LogP contribution < -0.4 is 10.6 Å². The van der Waals surface area contributed by atoms with Crippen LogP contribution in [0.5, 0.6) is 0 Å². The molecule has 1 atom stereocenters. The molecule has 2 N–H and O–H groups in total. The molecule has 2 heterocycles. The fraction of sp³-hybridized carbons (Fsp3) is 0.462. The van der Waals surface area contributed by atoms with Crippen LogP contribution in [-0.2, 0) is 9.53 Å². The van der Waals surface area contributed by atoms with Gasteiger partial charge in [0.2, 0.25) is 5.91 Å². The van der Waals surface area contributed by atoms with Crippen LogP contribution in [0.4, 0.5) is 5.82 Å². The number of ether oxygens (including phenoxy) is 1. The van der Waals surface area contributed by atoms with Crippen LogP contribution in [0.1, 0.15) is 30.1 Å². The smallest absolute Gasteiger partial charge is 0.341 e. The van der Waals surface area contributed by atoms with Gasteiger partial charge in [-0.2, -0.15) is 0 Å². The molecule has 1 fully saturated rings. The number of rotatable bonds is 4. The minimum Gasteiger partial charge on any atom is -0.462 e. The Morgan fingerprint density at radius 2 is 2.47 bits per heavy atom. The maximum atomic E-state index is 11.8. The first-order chi connectivity index (χ1) is 9.22. The molecule has 1 aromatic heterocycles. The van der Waals surface area contributed by atoms with Gasteiger partial charge in [-0.3, -0.25) is 4.79 Å². The van der Waals surface area contributed by atoms with Gasteiger partial charge in [0, 0.05) is 12.7 Å². The molecule has 102 valence electrons. The Morgan fingerprint density at radius 3 is 3.21 bits per heavy atom. The van der Waals surface area contributed by atoms with Crippen molar-refractivity contribution in [2.75, 3.05) is 18.5 Å². The van der Waals surface area contributed by atoms with E-state index in [1.807, 2.05) is 0 Å². The molecule has 1 aromatic rings. The summed E-state index contributed by atoms with van der Waals surface area (Å²) in [7, 11) is 0. The van der Waals surface area contributed by atoms with Crippen LogP contribution in [0.3, 0.4) is 0 Å². The van der Waals surface area contributed by atoms with Gasteiger partial charge in [0.05, 0.1) is 6.61 Å². The first kappa shape index (κ1) is 13.3. The summed E-state index contributed by atoms with van der Waals surface area (Å²) in [5.41, 5.74) is 0.350. The van der Waals surface area contributed by atoms with Crippen LogP contribution in [0.25, 0.3) is 0 Å². The Morgan fingerprint density at radius 1 is 1.63 bits per heavy atom. The van der Waals surface area contributed by atoms with E-state index in [0.29, 0.717) is 24.5 Å². The van der Waals surface area contributed by atoms with E-state index < -0.39 is 5.97 Å². The molecule has 0 saturated carbocycles. The van der Waals surface area contributed by atoms with E-state index in [2.05, 4.69) is 15.6 Å². The number of nitrogens with zero attached hydrogens (tertiary/aromatic N) is 1. The van der Waals surface area contributed by atoms with Crippen molar-refractivity contribution in [3.63, 3.8) is 0 Å². The summed E-state index contributed by atoms with van der Waals surface area (Å²) in [5, 5.41) is 5.80. The predicted octanol–water partition coefficient (Wildman–Crippen LogP) is 0.949. The molecule has 1 saturated heterocycles. The monoisotopic (exact) mass is 263 g/mol. The third kappa shape index (κ3) is 3.21. The number of piperidine rings is 1. The van der Waals surface area contributed by atoms with Gasteiger partial charge in [-0.25, -0.2) is 9.78 Å². The molecule has 2 rings (SSSR count). The molecule has 6 heteroatoms. The van der Waals surface area contributed by atoms with Crippen LogP contribution in [0.2, 0.25) is 0 Å². The third-order valence-electron chi connectivity index (χ3n) is 2.90. The molecule has 1 unspecified atom stereocenters. The molecule has 1 aliphatic heterocycles. The fourth-order valence-electron chi connectivity index (χ4n) is 1.97. The Balaban J connectivity index is 2.15. The predicted molar refractivity (Wildman–Crippen MR) is 69.8 cm³/mol. The maximum Gasteiger partial charge on any atom is 0.341 e. The molecule has 0 aromatic carbocycles. The lowest BCUT2D eigenvalue weighted by Gasteiger charge is -2.23. The SMILES string of the molecule is CCOC(=O)c1cccnc1NC1CCCNC1=O. The number of amides is 1. The standard InChI is InChI=1S/C13H17N3O3/c1-2-19-13(18)9-5-3-7-14-11(9)16-10-6-4-8-15-12(10)17/h3,5,7,10H,2,4,6,8H2,1H3,(H,14,16)(H,15,17). The highest BCUT2D eigenvalue weighted by Crippen LogP contribution is 2.16. The van der Waals surface area contributed by atoms with E-state index in [1.165, 1.54) is 0 Å². The average Bonchev–Trinajstić information content (AvgIpc) is 2.42. The first-order valence-corrected chi connectivity index (χ1v) is 6.38. The van der Waals surface area contributed by atoms with Gasteiger partial charge in [-0.1, -0.05) is 0 Å². The number of aromatic nitrogens is 1. The zero-order valence-corrected chi connectivity index (χ0v) is 10.8. The summed E-state index contributed by atoms with van der Waals surface area (Å²) in [6, 6.07) is 2.95. The Kier molecular flexibility index (Phi) is 4.33. The number of hydrogen-bond acceptors (Lipinski definition) is 5. The maximum absolute atomic E-state index is 11.8. The van der Waals surface area contributed by atoms with Crippen molar-refractivity contribution >= 4 is 17.7 Å². The first-order valence-electron chi connectivity index (χ1n) is 6.38. The minimum absolute atomic E-state index is 0.0632. The lowest BCUT2D eigenvalue weighted by molar-refractivity contribution is -0.123. The molecule has 0 bridgehead atoms. The lowest BCUT2D eigenvalue weighted by atomic mass is 10.1. The second-order valence-electron chi connectivity index (χ2n) is 4.25. The Hall–Kier alpha value is -2.11. The summed E-state index contributed by atoms with van der Waals surface area (Å²) in [5.74, 6) is -0.107. The summed E-state index contributed by atoms with van der Waals surface area (Å²) in [6.45, 7) is 2.75. The van der Waals surface area contributed by atoms with Gasteiger partial charge in [0.25, 0.3) is 0 Å². The second-order valence-corrected chi connectivity index (χ2v) is 4.25. The van der Waals surface area contributed by atoms with Crippen LogP contribution in [0, 0.1) is 0 Å². The van der Waals surface area contributed by atoms with Crippen molar-refractivity contribution in [1.29, 1.82) is 0 Å². The van der Waals surface area contributed by atoms with E-state index in [-0.39, 0.29) is 11.9 Å². The van der Waals surface area contributed by atoms with Crippen molar-refractivity contribution in [2.45, 2.75) is 25.8 Å². The summed E-state index contributed by atoms with van der Waals surface area (Å²) in [6.07, 6.45) is 3.21. The Labute approximate surface area is 111 Å². The van der Waals surface area contributed by atoms with Gasteiger partial charge >= 0.3 is 5.97 Å². The summed E-state index contributed by atoms with van der Waals surface area (Å²) >= 11 is 0. The average molecular weight is 263 g/mol. The van der Waals surface area contributed by atoms with E-state index >= 15 is 0 Å². The number of pyridine rings is 1. The fourth-order valence-corrected chi connectivity index (χ4v) is 1.97. The van der Waals surface area contributed by atoms with Crippen LogP contribution in [0.15, 0.2) is 18.3 Å².